The summed E-state index contributed by atoms with van der Waals surface area (Å²) >= 11 is 7.03. The van der Waals surface area contributed by atoms with Crippen molar-refractivity contribution < 1.29 is 23.0 Å². The molecule has 0 radical (unpaired) electrons. The Balaban J connectivity index is 0.000000347. The fraction of sp³-hybridized carbons (Fsp3) is 0.324. The summed E-state index contributed by atoms with van der Waals surface area (Å²) in [6.45, 7) is 4.53. The lowest BCUT2D eigenvalue weighted by Gasteiger charge is -2.44. The fourth-order valence-electron chi connectivity index (χ4n) is 6.67. The number of ether oxygens (including phenoxy) is 2. The Hall–Kier alpha value is -4.98. The number of pyridine rings is 2. The Morgan fingerprint density at radius 3 is 2.51 bits per heavy atom. The largest absolute Gasteiger partial charge is 0.481 e. The highest BCUT2D eigenvalue weighted by Crippen LogP contribution is 2.41. The zero-order valence-corrected chi connectivity index (χ0v) is 29.0. The van der Waals surface area contributed by atoms with E-state index in [0.717, 1.165) is 70.5 Å². The average molecular weight is 716 g/mol. The third kappa shape index (κ3) is 6.64. The number of carbonyl (C=O) groups is 1. The number of hydrogen-bond acceptors (Lipinski definition) is 9. The highest BCUT2D eigenvalue weighted by atomic mass is 35.5. The summed E-state index contributed by atoms with van der Waals surface area (Å²) in [4.78, 5) is 32.4. The molecule has 14 heteroatoms. The molecule has 5 heterocycles. The first-order valence-electron chi connectivity index (χ1n) is 16.6. The first-order chi connectivity index (χ1) is 24.6. The lowest BCUT2D eigenvalue weighted by atomic mass is 9.96. The van der Waals surface area contributed by atoms with Gasteiger partial charge in [0.25, 0.3) is 12.0 Å². The maximum Gasteiger partial charge on any atom is 0.280 e. The van der Waals surface area contributed by atoms with E-state index in [-0.39, 0.29) is 34.7 Å². The van der Waals surface area contributed by atoms with Crippen LogP contribution >= 0.6 is 11.6 Å². The van der Waals surface area contributed by atoms with E-state index in [1.165, 1.54) is 24.9 Å². The molecule has 5 aromatic rings. The Bertz CT molecular complexity index is 2210. The van der Waals surface area contributed by atoms with Crippen LogP contribution < -0.4 is 26.2 Å². The number of amides is 1. The summed E-state index contributed by atoms with van der Waals surface area (Å²) in [6.07, 6.45) is 1.55. The Morgan fingerprint density at radius 2 is 1.80 bits per heavy atom. The molecule has 1 aliphatic carbocycles. The number of halogens is 3. The molecule has 3 aromatic heterocycles. The minimum absolute atomic E-state index is 0.00229. The number of carbonyl (C=O) groups excluding carboxylic acids is 1. The maximum atomic E-state index is 13.7. The number of benzene rings is 2. The summed E-state index contributed by atoms with van der Waals surface area (Å²) in [5.74, 6) is 0.666. The third-order valence-corrected chi connectivity index (χ3v) is 9.99. The monoisotopic (exact) mass is 715 g/mol. The molecule has 2 fully saturated rings. The number of aryl methyl sites for hydroxylation is 2. The van der Waals surface area contributed by atoms with Crippen LogP contribution in [0.3, 0.4) is 0 Å². The van der Waals surface area contributed by atoms with Crippen molar-refractivity contribution in [2.45, 2.75) is 38.2 Å². The molecule has 3 aliphatic rings. The van der Waals surface area contributed by atoms with Crippen LogP contribution in [0.4, 0.5) is 20.3 Å². The van der Waals surface area contributed by atoms with Crippen molar-refractivity contribution in [1.82, 2.24) is 30.4 Å². The van der Waals surface area contributed by atoms with Crippen LogP contribution in [0.2, 0.25) is 5.02 Å². The predicted molar refractivity (Wildman–Crippen MR) is 191 cm³/mol. The van der Waals surface area contributed by atoms with Gasteiger partial charge in [-0.3, -0.25) is 9.59 Å². The van der Waals surface area contributed by atoms with E-state index in [1.54, 1.807) is 13.2 Å². The molecule has 0 saturated carbocycles. The molecular formula is C37H36ClF2N7O4. The molecule has 0 unspecified atom stereocenters. The van der Waals surface area contributed by atoms with Crippen LogP contribution in [0.1, 0.15) is 35.2 Å². The van der Waals surface area contributed by atoms with E-state index >= 15 is 0 Å². The summed E-state index contributed by atoms with van der Waals surface area (Å²) in [6, 6.07) is 14.6. The van der Waals surface area contributed by atoms with Crippen molar-refractivity contribution in [2.24, 2.45) is 7.05 Å². The Kier molecular flexibility index (Phi) is 9.44. The van der Waals surface area contributed by atoms with Crippen molar-refractivity contribution >= 4 is 39.8 Å². The molecule has 2 aliphatic heterocycles. The number of methoxy groups -OCH3 is 1. The van der Waals surface area contributed by atoms with Crippen LogP contribution in [0.15, 0.2) is 59.5 Å². The Labute approximate surface area is 297 Å². The van der Waals surface area contributed by atoms with Crippen LogP contribution in [-0.2, 0) is 29.4 Å². The van der Waals surface area contributed by atoms with Crippen molar-refractivity contribution in [3.05, 3.63) is 92.5 Å². The van der Waals surface area contributed by atoms with Gasteiger partial charge in [0.2, 0.25) is 11.8 Å². The SMILES string of the molecule is COc1nc(-c2cccc(-c3cccc(Nc4nc(C(F)F)cc5cnn(C)c(=O)c45)c3C)c2Cl)cc2c1CCC2.O=C1COC2(CNC2)CN1. The predicted octanol–water partition coefficient (Wildman–Crippen LogP) is 5.67. The van der Waals surface area contributed by atoms with Gasteiger partial charge in [-0.1, -0.05) is 41.9 Å². The van der Waals surface area contributed by atoms with Gasteiger partial charge in [0.15, 0.2) is 0 Å². The molecule has 51 heavy (non-hydrogen) atoms. The van der Waals surface area contributed by atoms with E-state index in [2.05, 4.69) is 32.1 Å². The maximum absolute atomic E-state index is 13.7. The second-order valence-electron chi connectivity index (χ2n) is 12.9. The topological polar surface area (TPSA) is 132 Å². The van der Waals surface area contributed by atoms with Crippen molar-refractivity contribution in [3.63, 3.8) is 0 Å². The van der Waals surface area contributed by atoms with E-state index in [9.17, 15) is 18.4 Å². The van der Waals surface area contributed by atoms with Gasteiger partial charge in [0.05, 0.1) is 29.4 Å². The number of hydrogen-bond donors (Lipinski definition) is 3. The summed E-state index contributed by atoms with van der Waals surface area (Å²) in [5.41, 5.74) is 5.96. The minimum atomic E-state index is -2.82. The quantitative estimate of drug-likeness (QED) is 0.203. The van der Waals surface area contributed by atoms with Crippen molar-refractivity contribution in [1.29, 1.82) is 0 Å². The summed E-state index contributed by atoms with van der Waals surface area (Å²) in [5, 5.41) is 14.0. The lowest BCUT2D eigenvalue weighted by molar-refractivity contribution is -0.150. The van der Waals surface area contributed by atoms with Crippen LogP contribution in [0, 0.1) is 6.92 Å². The average Bonchev–Trinajstić information content (AvgIpc) is 3.59. The second-order valence-corrected chi connectivity index (χ2v) is 13.2. The molecule has 2 saturated heterocycles. The normalized spacial score (nSPS) is 15.9. The van der Waals surface area contributed by atoms with Crippen molar-refractivity contribution in [2.75, 3.05) is 38.7 Å². The molecule has 2 aromatic carbocycles. The number of anilines is 2. The van der Waals surface area contributed by atoms with Crippen LogP contribution in [0.25, 0.3) is 33.2 Å². The number of aromatic nitrogens is 4. The Morgan fingerprint density at radius 1 is 1.04 bits per heavy atom. The third-order valence-electron chi connectivity index (χ3n) is 9.58. The molecule has 11 nitrogen and oxygen atoms in total. The first-order valence-corrected chi connectivity index (χ1v) is 16.9. The van der Waals surface area contributed by atoms with E-state index in [4.69, 9.17) is 26.1 Å². The van der Waals surface area contributed by atoms with Gasteiger partial charge in [0, 0.05) is 54.4 Å². The van der Waals surface area contributed by atoms with Crippen LogP contribution in [-0.4, -0.2) is 64.6 Å². The van der Waals surface area contributed by atoms with Gasteiger partial charge in [-0.25, -0.2) is 23.4 Å². The first kappa shape index (κ1) is 34.5. The zero-order valence-electron chi connectivity index (χ0n) is 28.3. The highest BCUT2D eigenvalue weighted by molar-refractivity contribution is 6.36. The van der Waals surface area contributed by atoms with Crippen LogP contribution in [0.5, 0.6) is 5.88 Å². The van der Waals surface area contributed by atoms with E-state index in [0.29, 0.717) is 23.1 Å². The van der Waals surface area contributed by atoms with Gasteiger partial charge in [-0.05, 0) is 61.1 Å². The summed E-state index contributed by atoms with van der Waals surface area (Å²) in [7, 11) is 3.13. The van der Waals surface area contributed by atoms with Gasteiger partial charge in [0.1, 0.15) is 23.7 Å². The zero-order chi connectivity index (χ0) is 35.9. The number of morpholine rings is 1. The molecule has 0 atom stereocenters. The summed E-state index contributed by atoms with van der Waals surface area (Å²) < 4.78 is 39.4. The number of nitrogens with zero attached hydrogens (tertiary/aromatic N) is 4. The highest BCUT2D eigenvalue weighted by Gasteiger charge is 2.41. The van der Waals surface area contributed by atoms with Gasteiger partial charge in [-0.2, -0.15) is 5.10 Å². The van der Waals surface area contributed by atoms with Gasteiger partial charge >= 0.3 is 0 Å². The fourth-order valence-corrected chi connectivity index (χ4v) is 6.99. The molecule has 264 valence electrons. The van der Waals surface area contributed by atoms with Gasteiger partial charge in [-0.15, -0.1) is 0 Å². The lowest BCUT2D eigenvalue weighted by Crippen LogP contribution is -2.69. The molecule has 1 spiro atoms. The molecule has 1 amide bonds. The number of nitrogens with one attached hydrogen (secondary N) is 3. The van der Waals surface area contributed by atoms with Gasteiger partial charge < -0.3 is 25.4 Å². The number of alkyl halides is 2. The molecule has 3 N–H and O–H groups in total. The van der Waals surface area contributed by atoms with E-state index in [1.807, 2.05) is 37.3 Å². The minimum Gasteiger partial charge on any atom is -0.481 e. The molecule has 0 bridgehead atoms. The molecular weight excluding hydrogens is 680 g/mol. The van der Waals surface area contributed by atoms with Crippen molar-refractivity contribution in [3.8, 4) is 28.3 Å². The second kappa shape index (κ2) is 14.0. The number of fused-ring (bicyclic) bond motifs is 2. The molecule has 8 rings (SSSR count). The standard InChI is InChI=1S/C31H26ClF2N5O2.C6H10N2O2/c1-16-19(21-10-5-11-22(27(21)32)24-13-17-7-4-9-20(17)30(38-24)41-3)8-6-12-23(16)36-29-26-18(14-25(37-29)28(33)34)15-35-39(2)31(26)40;9-5-1-10-6(4-8-5)2-7-3-6/h5-6,8,10-15,28H,4,7,9H2,1-3H3,(H,36,37);7H,1-4H2,(H,8,9). The smallest absolute Gasteiger partial charge is 0.280 e. The van der Waals surface area contributed by atoms with E-state index < -0.39 is 17.7 Å². The number of rotatable bonds is 6.